The molecule has 2 rings (SSSR count). The maximum atomic E-state index is 14.3. The number of aromatic nitrogens is 3. The summed E-state index contributed by atoms with van der Waals surface area (Å²) >= 11 is 0. The molecule has 0 saturated heterocycles. The van der Waals surface area contributed by atoms with Crippen molar-refractivity contribution in [2.24, 2.45) is 0 Å². The van der Waals surface area contributed by atoms with Gasteiger partial charge in [-0.25, -0.2) is 17.9 Å². The molecule has 0 fully saturated rings. The molecule has 0 spiro atoms. The number of hydrogen-bond donors (Lipinski definition) is 0. The Balaban J connectivity index is 3.02. The minimum Gasteiger partial charge on any atom is -0.225 e. The van der Waals surface area contributed by atoms with Gasteiger partial charge in [-0.1, -0.05) is 0 Å². The van der Waals surface area contributed by atoms with Crippen molar-refractivity contribution in [3.63, 3.8) is 0 Å². The van der Waals surface area contributed by atoms with Crippen molar-refractivity contribution in [3.05, 3.63) is 34.9 Å². The van der Waals surface area contributed by atoms with Gasteiger partial charge in [0, 0.05) is 13.8 Å². The number of rotatable bonds is 3. The highest BCUT2D eigenvalue weighted by Gasteiger charge is 2.36. The minimum atomic E-state index is -1.65. The Bertz CT molecular complexity index is 706. The molecule has 2 heterocycles. The van der Waals surface area contributed by atoms with Gasteiger partial charge in [-0.2, -0.15) is 13.8 Å². The van der Waals surface area contributed by atoms with E-state index in [0.717, 1.165) is 11.4 Å². The SMILES string of the molecule is Cc1c(C)[n+](C(C)C)c(-c2c(F)c(F)nc(F)c2F)n1C(C)C. The zero-order chi connectivity index (χ0) is 17.6. The smallest absolute Gasteiger partial charge is 0.225 e. The fourth-order valence-corrected chi connectivity index (χ4v) is 2.97. The lowest BCUT2D eigenvalue weighted by atomic mass is 10.2. The Morgan fingerprint density at radius 3 is 1.78 bits per heavy atom. The molecule has 2 aromatic rings. The molecule has 0 radical (unpaired) electrons. The molecule has 0 aliphatic rings. The van der Waals surface area contributed by atoms with Gasteiger partial charge in [0.05, 0.1) is 12.1 Å². The number of pyridine rings is 1. The van der Waals surface area contributed by atoms with Gasteiger partial charge in [0.1, 0.15) is 17.0 Å². The third kappa shape index (κ3) is 2.62. The maximum absolute atomic E-state index is 14.3. The first-order chi connectivity index (χ1) is 10.6. The van der Waals surface area contributed by atoms with Gasteiger partial charge in [-0.05, 0) is 27.7 Å². The first-order valence-electron chi connectivity index (χ1n) is 7.42. The van der Waals surface area contributed by atoms with Crippen LogP contribution >= 0.6 is 0 Å². The summed E-state index contributed by atoms with van der Waals surface area (Å²) < 4.78 is 59.1. The fourth-order valence-electron chi connectivity index (χ4n) is 2.97. The fraction of sp³-hybridized carbons (Fsp3) is 0.500. The van der Waals surface area contributed by atoms with Gasteiger partial charge in [0.2, 0.25) is 0 Å². The number of nitrogens with zero attached hydrogens (tertiary/aromatic N) is 3. The van der Waals surface area contributed by atoms with E-state index in [2.05, 4.69) is 4.98 Å². The second-order valence-corrected chi connectivity index (χ2v) is 6.12. The zero-order valence-electron chi connectivity index (χ0n) is 14.0. The van der Waals surface area contributed by atoms with E-state index in [1.165, 1.54) is 0 Å². The summed E-state index contributed by atoms with van der Waals surface area (Å²) in [5.74, 6) is -6.18. The van der Waals surface area contributed by atoms with Gasteiger partial charge in [0.15, 0.2) is 11.6 Å². The van der Waals surface area contributed by atoms with Gasteiger partial charge in [-0.15, -0.1) is 0 Å². The monoisotopic (exact) mass is 330 g/mol. The van der Waals surface area contributed by atoms with E-state index >= 15 is 0 Å². The van der Waals surface area contributed by atoms with Crippen LogP contribution in [0.3, 0.4) is 0 Å². The largest absolute Gasteiger partial charge is 0.296 e. The van der Waals surface area contributed by atoms with Crippen molar-refractivity contribution in [1.29, 1.82) is 0 Å². The van der Waals surface area contributed by atoms with Crippen molar-refractivity contribution in [3.8, 4) is 11.4 Å². The lowest BCUT2D eigenvalue weighted by Gasteiger charge is -2.12. The van der Waals surface area contributed by atoms with Gasteiger partial charge >= 0.3 is 0 Å². The van der Waals surface area contributed by atoms with E-state index in [1.54, 1.807) is 23.0 Å². The van der Waals surface area contributed by atoms with Gasteiger partial charge in [-0.3, -0.25) is 0 Å². The van der Waals surface area contributed by atoms with Crippen molar-refractivity contribution in [1.82, 2.24) is 9.55 Å². The summed E-state index contributed by atoms with van der Waals surface area (Å²) in [6.07, 6.45) is 0. The lowest BCUT2D eigenvalue weighted by molar-refractivity contribution is -0.710. The molecule has 0 saturated carbocycles. The van der Waals surface area contributed by atoms with Gasteiger partial charge in [0.25, 0.3) is 17.7 Å². The quantitative estimate of drug-likeness (QED) is 0.470. The van der Waals surface area contributed by atoms with Crippen LogP contribution in [0, 0.1) is 37.4 Å². The molecule has 0 N–H and O–H groups in total. The standard InChI is InChI=1S/C16H20F4N3/c1-7(2)22-9(5)10(6)23(8(3)4)16(22)11-12(17)14(19)21-15(20)13(11)18/h7-8H,1-6H3/q+1. The highest BCUT2D eigenvalue weighted by Crippen LogP contribution is 2.31. The summed E-state index contributed by atoms with van der Waals surface area (Å²) in [4.78, 5) is 2.64. The normalized spacial score (nSPS) is 11.8. The third-order valence-corrected chi connectivity index (χ3v) is 3.96. The molecule has 0 unspecified atom stereocenters. The van der Waals surface area contributed by atoms with Crippen LogP contribution in [0.2, 0.25) is 0 Å². The number of imidazole rings is 1. The molecule has 7 heteroatoms. The minimum absolute atomic E-state index is 0.0974. The molecule has 0 aliphatic heterocycles. The first-order valence-corrected chi connectivity index (χ1v) is 7.42. The Kier molecular flexibility index (Phi) is 4.50. The lowest BCUT2D eigenvalue weighted by Crippen LogP contribution is -2.41. The number of halogens is 4. The van der Waals surface area contributed by atoms with Crippen LogP contribution < -0.4 is 4.57 Å². The predicted molar refractivity (Wildman–Crippen MR) is 77.9 cm³/mol. The molecule has 0 bridgehead atoms. The molecule has 0 aromatic carbocycles. The van der Waals surface area contributed by atoms with Crippen molar-refractivity contribution >= 4 is 0 Å². The molecule has 2 aromatic heterocycles. The van der Waals surface area contributed by atoms with E-state index in [0.29, 0.717) is 0 Å². The topological polar surface area (TPSA) is 21.7 Å². The molecular formula is C16H20F4N3+. The Labute approximate surface area is 132 Å². The van der Waals surface area contributed by atoms with Crippen LogP contribution in [-0.2, 0) is 0 Å². The Morgan fingerprint density at radius 1 is 0.913 bits per heavy atom. The summed E-state index contributed by atoms with van der Waals surface area (Å²) in [6, 6.07) is -0.302. The predicted octanol–water partition coefficient (Wildman–Crippen LogP) is 4.17. The van der Waals surface area contributed by atoms with E-state index in [1.807, 2.05) is 27.7 Å². The Morgan fingerprint density at radius 2 is 1.39 bits per heavy atom. The summed E-state index contributed by atoms with van der Waals surface area (Å²) in [7, 11) is 0. The van der Waals surface area contributed by atoms with Crippen molar-refractivity contribution < 1.29 is 22.1 Å². The highest BCUT2D eigenvalue weighted by molar-refractivity contribution is 5.55. The average Bonchev–Trinajstić information content (AvgIpc) is 2.69. The van der Waals surface area contributed by atoms with E-state index in [9.17, 15) is 17.6 Å². The molecule has 0 atom stereocenters. The van der Waals surface area contributed by atoms with Crippen molar-refractivity contribution in [2.45, 2.75) is 53.6 Å². The van der Waals surface area contributed by atoms with E-state index < -0.39 is 29.1 Å². The van der Waals surface area contributed by atoms with Crippen LogP contribution in [0.25, 0.3) is 11.4 Å². The van der Waals surface area contributed by atoms with Gasteiger partial charge < -0.3 is 0 Å². The highest BCUT2D eigenvalue weighted by atomic mass is 19.2. The van der Waals surface area contributed by atoms with Crippen LogP contribution in [0.5, 0.6) is 0 Å². The maximum Gasteiger partial charge on any atom is 0.296 e. The summed E-state index contributed by atoms with van der Waals surface area (Å²) in [5.41, 5.74) is 0.828. The van der Waals surface area contributed by atoms with Crippen LogP contribution in [0.4, 0.5) is 17.6 Å². The average molecular weight is 330 g/mol. The summed E-state index contributed by atoms with van der Waals surface area (Å²) in [6.45, 7) is 11.0. The van der Waals surface area contributed by atoms with E-state index in [4.69, 9.17) is 0 Å². The summed E-state index contributed by atoms with van der Waals surface area (Å²) in [5, 5.41) is 0. The molecule has 23 heavy (non-hydrogen) atoms. The van der Waals surface area contributed by atoms with Crippen LogP contribution in [-0.4, -0.2) is 9.55 Å². The molecule has 3 nitrogen and oxygen atoms in total. The molecule has 126 valence electrons. The Hall–Kier alpha value is -1.92. The zero-order valence-corrected chi connectivity index (χ0v) is 14.0. The molecule has 0 aliphatic carbocycles. The first kappa shape index (κ1) is 17.4. The second-order valence-electron chi connectivity index (χ2n) is 6.12. The number of hydrogen-bond acceptors (Lipinski definition) is 1. The molecular weight excluding hydrogens is 310 g/mol. The van der Waals surface area contributed by atoms with Crippen LogP contribution in [0.15, 0.2) is 0 Å². The van der Waals surface area contributed by atoms with Crippen molar-refractivity contribution in [2.75, 3.05) is 0 Å². The van der Waals surface area contributed by atoms with Crippen LogP contribution in [0.1, 0.15) is 51.2 Å². The third-order valence-electron chi connectivity index (χ3n) is 3.96. The second kappa shape index (κ2) is 5.94. The van der Waals surface area contributed by atoms with E-state index in [-0.39, 0.29) is 17.9 Å². The molecule has 0 amide bonds.